The summed E-state index contributed by atoms with van der Waals surface area (Å²) in [7, 11) is -3.62. The maximum absolute atomic E-state index is 16.3. The van der Waals surface area contributed by atoms with Gasteiger partial charge in [-0.2, -0.15) is 0 Å². The van der Waals surface area contributed by atoms with Gasteiger partial charge in [-0.05, 0) is 83.2 Å². The summed E-state index contributed by atoms with van der Waals surface area (Å²) in [5, 5.41) is 22.2. The Kier molecular flexibility index (Phi) is 11.0. The number of fused-ring (bicyclic) bond motifs is 2. The minimum absolute atomic E-state index is 0.0637. The first-order valence-electron chi connectivity index (χ1n) is 16.5. The number of hydrogen-bond donors (Lipinski definition) is 8. The van der Waals surface area contributed by atoms with Crippen molar-refractivity contribution >= 4 is 22.4 Å². The molecule has 3 aliphatic carbocycles. The van der Waals surface area contributed by atoms with E-state index in [9.17, 15) is 14.2 Å². The van der Waals surface area contributed by atoms with E-state index in [2.05, 4.69) is 26.0 Å². The van der Waals surface area contributed by atoms with Crippen LogP contribution in [0.1, 0.15) is 58.3 Å². The Bertz CT molecular complexity index is 963. The summed E-state index contributed by atoms with van der Waals surface area (Å²) in [4.78, 5) is 0. The molecule has 0 spiro atoms. The largest absolute Gasteiger partial charge is 0.373 e. The zero-order valence-electron chi connectivity index (χ0n) is 25.3. The maximum atomic E-state index is 16.3. The van der Waals surface area contributed by atoms with E-state index in [0.29, 0.717) is 25.4 Å². The number of ether oxygens (including phenoxy) is 2. The van der Waals surface area contributed by atoms with E-state index in [1.165, 1.54) is 6.92 Å². The standard InChI is InChI=1S/C29H51ClF3N5O5S/c1-14(39)43-23-13-42-28-19(23)10-17(30)11-24(28)44(40,41)38-22-3-2-20(31)25(26(22)33)15-8-16-12-35-29(37-27(16)21(32)9-15)36-18-4-6-34-7-5-18/h14-29,34-41H,2-13H2,1H3. The molecule has 10 nitrogen and oxygen atoms in total. The van der Waals surface area contributed by atoms with Crippen LogP contribution in [0.4, 0.5) is 13.2 Å². The number of aliphatic hydroxyl groups is 1. The van der Waals surface area contributed by atoms with E-state index >= 15 is 13.2 Å². The summed E-state index contributed by atoms with van der Waals surface area (Å²) in [5.41, 5.74) is 0. The summed E-state index contributed by atoms with van der Waals surface area (Å²) in [6, 6.07) is -1.03. The van der Waals surface area contributed by atoms with Crippen molar-refractivity contribution in [1.82, 2.24) is 26.0 Å². The van der Waals surface area contributed by atoms with Crippen molar-refractivity contribution in [2.45, 2.75) is 130 Å². The number of aliphatic hydroxyl groups excluding tert-OH is 1. The van der Waals surface area contributed by atoms with Crippen molar-refractivity contribution in [2.24, 2.45) is 23.7 Å². The van der Waals surface area contributed by atoms with Crippen LogP contribution in [0.3, 0.4) is 0 Å². The lowest BCUT2D eigenvalue weighted by molar-refractivity contribution is -0.134. The molecule has 6 rings (SSSR count). The van der Waals surface area contributed by atoms with Gasteiger partial charge in [-0.25, -0.2) is 17.9 Å². The van der Waals surface area contributed by atoms with Crippen LogP contribution in [0.25, 0.3) is 0 Å². The van der Waals surface area contributed by atoms with Gasteiger partial charge in [-0.1, -0.05) is 0 Å². The molecule has 0 radical (unpaired) electrons. The highest BCUT2D eigenvalue weighted by molar-refractivity contribution is 8.23. The highest BCUT2D eigenvalue weighted by atomic mass is 35.5. The van der Waals surface area contributed by atoms with Gasteiger partial charge in [0.2, 0.25) is 0 Å². The Morgan fingerprint density at radius 1 is 1.00 bits per heavy atom. The molecule has 6 aliphatic rings. The fourth-order valence-electron chi connectivity index (χ4n) is 8.95. The minimum Gasteiger partial charge on any atom is -0.373 e. The molecule has 3 heterocycles. The molecule has 3 saturated heterocycles. The predicted octanol–water partition coefficient (Wildman–Crippen LogP) is 2.76. The van der Waals surface area contributed by atoms with Gasteiger partial charge in [0, 0.05) is 35.8 Å². The highest BCUT2D eigenvalue weighted by Crippen LogP contribution is 2.54. The summed E-state index contributed by atoms with van der Waals surface area (Å²) >= 11 is 6.54. The van der Waals surface area contributed by atoms with Gasteiger partial charge >= 0.3 is 0 Å². The number of hydrogen-bond acceptors (Lipinski definition) is 10. The van der Waals surface area contributed by atoms with Gasteiger partial charge in [0.1, 0.15) is 24.8 Å². The van der Waals surface area contributed by atoms with Crippen LogP contribution < -0.4 is 26.0 Å². The van der Waals surface area contributed by atoms with Crippen LogP contribution in [0, 0.1) is 23.7 Å². The van der Waals surface area contributed by atoms with Crippen molar-refractivity contribution in [3.63, 3.8) is 0 Å². The minimum atomic E-state index is -3.62. The van der Waals surface area contributed by atoms with E-state index in [4.69, 9.17) is 21.1 Å². The fraction of sp³-hybridized carbons (Fsp3) is 1.00. The number of rotatable bonds is 8. The third-order valence-electron chi connectivity index (χ3n) is 11.0. The van der Waals surface area contributed by atoms with Gasteiger partial charge in [-0.15, -0.1) is 22.4 Å². The topological polar surface area (TPSA) is 139 Å². The highest BCUT2D eigenvalue weighted by Gasteiger charge is 2.54. The van der Waals surface area contributed by atoms with E-state index in [0.717, 1.165) is 25.9 Å². The molecule has 0 bridgehead atoms. The molecule has 44 heavy (non-hydrogen) atoms. The van der Waals surface area contributed by atoms with Crippen LogP contribution in [0.5, 0.6) is 0 Å². The van der Waals surface area contributed by atoms with E-state index in [1.54, 1.807) is 0 Å². The Morgan fingerprint density at radius 2 is 1.77 bits per heavy atom. The first-order chi connectivity index (χ1) is 21.0. The molecule has 3 aliphatic heterocycles. The molecule has 3 saturated carbocycles. The third-order valence-corrected chi connectivity index (χ3v) is 13.3. The molecule has 0 aromatic rings. The third kappa shape index (κ3) is 7.36. The van der Waals surface area contributed by atoms with Crippen molar-refractivity contribution in [2.75, 3.05) is 26.2 Å². The zero-order valence-corrected chi connectivity index (χ0v) is 26.9. The lowest BCUT2D eigenvalue weighted by atomic mass is 9.66. The van der Waals surface area contributed by atoms with Crippen molar-refractivity contribution in [3.05, 3.63) is 0 Å². The molecule has 15 unspecified atom stereocenters. The molecular formula is C29H51ClF3N5O5S. The average molecular weight is 674 g/mol. The molecule has 15 heteroatoms. The molecule has 0 aromatic carbocycles. The SMILES string of the molecule is CC(O)OC1COC2C1CC(Cl)CC2S(O)(O)NC1CCC(F)C(C2CC(F)C3NC(NC4CCNCC4)NCC3C2)C1F. The lowest BCUT2D eigenvalue weighted by Crippen LogP contribution is -2.69. The number of halogens is 4. The van der Waals surface area contributed by atoms with Crippen LogP contribution >= 0.6 is 22.4 Å². The molecule has 0 amide bonds. The van der Waals surface area contributed by atoms with Gasteiger partial charge < -0.3 is 19.9 Å². The fourth-order valence-corrected chi connectivity index (χ4v) is 11.5. The monoisotopic (exact) mass is 673 g/mol. The number of alkyl halides is 4. The van der Waals surface area contributed by atoms with Gasteiger partial charge in [0.05, 0.1) is 30.1 Å². The predicted molar refractivity (Wildman–Crippen MR) is 164 cm³/mol. The smallest absolute Gasteiger partial charge is 0.152 e. The molecule has 0 aromatic heterocycles. The Labute approximate surface area is 265 Å². The Balaban J connectivity index is 1.08. The zero-order chi connectivity index (χ0) is 31.2. The summed E-state index contributed by atoms with van der Waals surface area (Å²) in [6.45, 7) is 4.15. The van der Waals surface area contributed by atoms with Crippen LogP contribution in [-0.2, 0) is 9.47 Å². The van der Waals surface area contributed by atoms with E-state index in [-0.39, 0.29) is 61.8 Å². The molecule has 6 fully saturated rings. The van der Waals surface area contributed by atoms with Crippen LogP contribution in [0.15, 0.2) is 0 Å². The Hall–Kier alpha value is 0.0300. The maximum Gasteiger partial charge on any atom is 0.152 e. The van der Waals surface area contributed by atoms with E-state index < -0.39 is 70.9 Å². The first kappa shape index (κ1) is 33.9. The second-order valence-electron chi connectivity index (χ2n) is 14.0. The summed E-state index contributed by atoms with van der Waals surface area (Å²) in [6.07, 6.45) is -3.08. The average Bonchev–Trinajstić information content (AvgIpc) is 3.36. The van der Waals surface area contributed by atoms with Gasteiger partial charge in [0.25, 0.3) is 0 Å². The number of piperidine rings is 1. The molecule has 8 N–H and O–H groups in total. The lowest BCUT2D eigenvalue weighted by Gasteiger charge is -2.52. The van der Waals surface area contributed by atoms with Crippen LogP contribution in [0.2, 0.25) is 0 Å². The van der Waals surface area contributed by atoms with Gasteiger partial charge in [-0.3, -0.25) is 25.1 Å². The first-order valence-corrected chi connectivity index (χ1v) is 18.6. The number of nitrogens with one attached hydrogen (secondary N) is 5. The molecule has 15 atom stereocenters. The van der Waals surface area contributed by atoms with E-state index in [1.807, 2.05) is 0 Å². The quantitative estimate of drug-likeness (QED) is 0.143. The van der Waals surface area contributed by atoms with Crippen LogP contribution in [-0.4, -0.2) is 113 Å². The van der Waals surface area contributed by atoms with Crippen molar-refractivity contribution in [3.8, 4) is 0 Å². The molecular weight excluding hydrogens is 623 g/mol. The summed E-state index contributed by atoms with van der Waals surface area (Å²) in [5.74, 6) is -1.88. The molecule has 256 valence electrons. The summed E-state index contributed by atoms with van der Waals surface area (Å²) < 4.78 is 84.6. The normalized spacial score (nSPS) is 48.4. The second-order valence-corrected chi connectivity index (χ2v) is 16.7. The second kappa shape index (κ2) is 14.3. The Morgan fingerprint density at radius 3 is 2.52 bits per heavy atom. The van der Waals surface area contributed by atoms with Crippen molar-refractivity contribution in [1.29, 1.82) is 0 Å². The van der Waals surface area contributed by atoms with Gasteiger partial charge in [0.15, 0.2) is 6.29 Å². The van der Waals surface area contributed by atoms with Crippen molar-refractivity contribution < 1.29 is 36.9 Å².